The Morgan fingerprint density at radius 3 is 2.57 bits per heavy atom. The minimum atomic E-state index is 0.0227. The van der Waals surface area contributed by atoms with Crippen molar-refractivity contribution in [3.05, 3.63) is 40.4 Å². The van der Waals surface area contributed by atoms with Crippen LogP contribution in [0.3, 0.4) is 0 Å². The van der Waals surface area contributed by atoms with Crippen LogP contribution in [0.2, 0.25) is 0 Å². The molecule has 0 spiro atoms. The van der Waals surface area contributed by atoms with Gasteiger partial charge in [0.1, 0.15) is 10.6 Å². The second-order valence-corrected chi connectivity index (χ2v) is 7.83. The molecular formula is C20H26N4O3S. The monoisotopic (exact) mass is 402 g/mol. The molecule has 1 aliphatic rings. The van der Waals surface area contributed by atoms with Gasteiger partial charge in [0, 0.05) is 26.1 Å². The van der Waals surface area contributed by atoms with Gasteiger partial charge in [0.15, 0.2) is 0 Å². The van der Waals surface area contributed by atoms with E-state index in [1.807, 2.05) is 36.1 Å². The predicted octanol–water partition coefficient (Wildman–Crippen LogP) is 2.46. The molecule has 0 saturated carbocycles. The highest BCUT2D eigenvalue weighted by Crippen LogP contribution is 2.20. The van der Waals surface area contributed by atoms with Gasteiger partial charge in [-0.05, 0) is 61.3 Å². The lowest BCUT2D eigenvalue weighted by molar-refractivity contribution is -0.121. The maximum atomic E-state index is 12.5. The third-order valence-corrected chi connectivity index (χ3v) is 5.95. The summed E-state index contributed by atoms with van der Waals surface area (Å²) in [6.07, 6.45) is 2.98. The molecule has 2 aromatic rings. The van der Waals surface area contributed by atoms with Crippen LogP contribution < -0.4 is 10.1 Å². The van der Waals surface area contributed by atoms with E-state index in [1.54, 1.807) is 7.11 Å². The molecule has 0 bridgehead atoms. The Labute approximate surface area is 169 Å². The van der Waals surface area contributed by atoms with Gasteiger partial charge >= 0.3 is 0 Å². The molecular weight excluding hydrogens is 376 g/mol. The fourth-order valence-electron chi connectivity index (χ4n) is 3.31. The number of hydrogen-bond donors (Lipinski definition) is 1. The number of hydrogen-bond acceptors (Lipinski definition) is 6. The Morgan fingerprint density at radius 1 is 1.25 bits per heavy atom. The summed E-state index contributed by atoms with van der Waals surface area (Å²) in [7, 11) is 1.64. The van der Waals surface area contributed by atoms with Crippen molar-refractivity contribution < 1.29 is 14.3 Å². The molecule has 150 valence electrons. The zero-order valence-corrected chi connectivity index (χ0v) is 17.1. The number of likely N-dealkylation sites (tertiary alicyclic amines) is 1. The van der Waals surface area contributed by atoms with Gasteiger partial charge in [0.25, 0.3) is 5.91 Å². The van der Waals surface area contributed by atoms with Crippen LogP contribution in [0.25, 0.3) is 0 Å². The van der Waals surface area contributed by atoms with Crippen molar-refractivity contribution in [2.45, 2.75) is 32.6 Å². The Morgan fingerprint density at radius 2 is 1.96 bits per heavy atom. The molecule has 1 fully saturated rings. The van der Waals surface area contributed by atoms with Crippen LogP contribution in [-0.4, -0.2) is 53.0 Å². The molecule has 1 N–H and O–H groups in total. The molecule has 2 amide bonds. The van der Waals surface area contributed by atoms with E-state index in [0.717, 1.165) is 35.7 Å². The first-order chi connectivity index (χ1) is 13.6. The standard InChI is InChI=1S/C20H26N4O3S/c1-14-19(28-23-22-14)20(26)24-11-9-16(10-12-24)13-21-18(25)8-5-15-3-6-17(27-2)7-4-15/h3-4,6-7,16H,5,8-13H2,1-2H3,(H,21,25). The molecule has 2 heterocycles. The molecule has 0 atom stereocenters. The molecule has 7 nitrogen and oxygen atoms in total. The van der Waals surface area contributed by atoms with E-state index >= 15 is 0 Å². The number of nitrogens with one attached hydrogen (secondary N) is 1. The van der Waals surface area contributed by atoms with Crippen molar-refractivity contribution in [3.8, 4) is 5.75 Å². The molecule has 1 aliphatic heterocycles. The minimum absolute atomic E-state index is 0.0227. The van der Waals surface area contributed by atoms with Crippen molar-refractivity contribution in [2.24, 2.45) is 5.92 Å². The number of aromatic nitrogens is 2. The van der Waals surface area contributed by atoms with Crippen LogP contribution in [0.5, 0.6) is 5.75 Å². The van der Waals surface area contributed by atoms with E-state index in [9.17, 15) is 9.59 Å². The van der Waals surface area contributed by atoms with Gasteiger partial charge in [0.05, 0.1) is 12.8 Å². The average molecular weight is 403 g/mol. The van der Waals surface area contributed by atoms with Gasteiger partial charge in [-0.1, -0.05) is 16.6 Å². The van der Waals surface area contributed by atoms with Crippen molar-refractivity contribution >= 4 is 23.3 Å². The van der Waals surface area contributed by atoms with Crippen LogP contribution in [0, 0.1) is 12.8 Å². The molecule has 0 unspecified atom stereocenters. The number of aryl methyl sites for hydroxylation is 2. The van der Waals surface area contributed by atoms with Crippen molar-refractivity contribution in [2.75, 3.05) is 26.7 Å². The number of carbonyl (C=O) groups excluding carboxylic acids is 2. The first-order valence-electron chi connectivity index (χ1n) is 9.54. The number of piperidine rings is 1. The van der Waals surface area contributed by atoms with E-state index < -0.39 is 0 Å². The highest BCUT2D eigenvalue weighted by molar-refractivity contribution is 7.07. The van der Waals surface area contributed by atoms with Crippen LogP contribution in [0.15, 0.2) is 24.3 Å². The summed E-state index contributed by atoms with van der Waals surface area (Å²) < 4.78 is 8.98. The second kappa shape index (κ2) is 9.64. The van der Waals surface area contributed by atoms with E-state index in [1.165, 1.54) is 0 Å². The molecule has 3 rings (SSSR count). The summed E-state index contributed by atoms with van der Waals surface area (Å²) in [6.45, 7) is 3.90. The molecule has 1 saturated heterocycles. The quantitative estimate of drug-likeness (QED) is 0.769. The number of methoxy groups -OCH3 is 1. The number of ether oxygens (including phenoxy) is 1. The van der Waals surface area contributed by atoms with E-state index in [2.05, 4.69) is 14.9 Å². The fraction of sp³-hybridized carbons (Fsp3) is 0.500. The van der Waals surface area contributed by atoms with Crippen LogP contribution in [0.4, 0.5) is 0 Å². The van der Waals surface area contributed by atoms with Crippen molar-refractivity contribution in [1.29, 1.82) is 0 Å². The predicted molar refractivity (Wildman–Crippen MR) is 108 cm³/mol. The average Bonchev–Trinajstić information content (AvgIpc) is 3.16. The van der Waals surface area contributed by atoms with E-state index in [4.69, 9.17) is 4.74 Å². The third kappa shape index (κ3) is 5.28. The largest absolute Gasteiger partial charge is 0.497 e. The molecule has 0 radical (unpaired) electrons. The highest BCUT2D eigenvalue weighted by atomic mass is 32.1. The number of benzene rings is 1. The number of amides is 2. The number of carbonyl (C=O) groups is 2. The van der Waals surface area contributed by atoms with Gasteiger partial charge < -0.3 is 15.0 Å². The second-order valence-electron chi connectivity index (χ2n) is 7.08. The Bertz CT molecular complexity index is 798. The minimum Gasteiger partial charge on any atom is -0.497 e. The van der Waals surface area contributed by atoms with E-state index in [-0.39, 0.29) is 11.8 Å². The van der Waals surface area contributed by atoms with Crippen LogP contribution in [-0.2, 0) is 11.2 Å². The molecule has 1 aromatic carbocycles. The fourth-order valence-corrected chi connectivity index (χ4v) is 3.93. The SMILES string of the molecule is COc1ccc(CCC(=O)NCC2CCN(C(=O)c3snnc3C)CC2)cc1. The lowest BCUT2D eigenvalue weighted by Gasteiger charge is -2.31. The lowest BCUT2D eigenvalue weighted by Crippen LogP contribution is -2.41. The van der Waals surface area contributed by atoms with Gasteiger partial charge in [-0.15, -0.1) is 5.10 Å². The summed E-state index contributed by atoms with van der Waals surface area (Å²) in [5, 5.41) is 6.95. The summed E-state index contributed by atoms with van der Waals surface area (Å²) in [6, 6.07) is 7.79. The first-order valence-corrected chi connectivity index (χ1v) is 10.3. The Kier molecular flexibility index (Phi) is 6.97. The maximum absolute atomic E-state index is 12.5. The Hall–Kier alpha value is -2.48. The number of nitrogens with zero attached hydrogens (tertiary/aromatic N) is 3. The topological polar surface area (TPSA) is 84.4 Å². The summed E-state index contributed by atoms with van der Waals surface area (Å²) in [5.41, 5.74) is 1.82. The van der Waals surface area contributed by atoms with E-state index in [0.29, 0.717) is 49.0 Å². The van der Waals surface area contributed by atoms with Crippen LogP contribution >= 0.6 is 11.5 Å². The van der Waals surface area contributed by atoms with Crippen molar-refractivity contribution in [1.82, 2.24) is 19.8 Å². The van der Waals surface area contributed by atoms with Gasteiger partial charge in [-0.2, -0.15) is 0 Å². The smallest absolute Gasteiger partial charge is 0.267 e. The van der Waals surface area contributed by atoms with Crippen LogP contribution in [0.1, 0.15) is 40.2 Å². The zero-order valence-electron chi connectivity index (χ0n) is 16.3. The summed E-state index contributed by atoms with van der Waals surface area (Å²) in [4.78, 5) is 27.1. The number of rotatable bonds is 7. The molecule has 1 aromatic heterocycles. The Balaban J connectivity index is 1.36. The molecule has 0 aliphatic carbocycles. The van der Waals surface area contributed by atoms with Gasteiger partial charge in [0.2, 0.25) is 5.91 Å². The third-order valence-electron chi connectivity index (χ3n) is 5.14. The zero-order chi connectivity index (χ0) is 19.9. The lowest BCUT2D eigenvalue weighted by atomic mass is 9.96. The van der Waals surface area contributed by atoms with Gasteiger partial charge in [-0.25, -0.2) is 0 Å². The molecule has 8 heteroatoms. The first kappa shape index (κ1) is 20.3. The highest BCUT2D eigenvalue weighted by Gasteiger charge is 2.26. The summed E-state index contributed by atoms with van der Waals surface area (Å²) in [5.74, 6) is 1.32. The summed E-state index contributed by atoms with van der Waals surface area (Å²) >= 11 is 1.16. The van der Waals surface area contributed by atoms with Crippen molar-refractivity contribution in [3.63, 3.8) is 0 Å². The normalized spacial score (nSPS) is 14.7. The molecule has 28 heavy (non-hydrogen) atoms. The maximum Gasteiger partial charge on any atom is 0.267 e. The van der Waals surface area contributed by atoms with Gasteiger partial charge in [-0.3, -0.25) is 9.59 Å².